The minimum absolute atomic E-state index is 0.0707. The van der Waals surface area contributed by atoms with Gasteiger partial charge >= 0.3 is 0 Å². The van der Waals surface area contributed by atoms with E-state index in [-0.39, 0.29) is 6.17 Å². The van der Waals surface area contributed by atoms with Gasteiger partial charge in [-0.05, 0) is 66.1 Å². The third-order valence-electron chi connectivity index (χ3n) is 6.23. The van der Waals surface area contributed by atoms with Crippen LogP contribution in [0.25, 0.3) is 32.8 Å². The van der Waals surface area contributed by atoms with Gasteiger partial charge in [-0.25, -0.2) is 4.68 Å². The molecule has 1 atom stereocenters. The van der Waals surface area contributed by atoms with Gasteiger partial charge in [-0.3, -0.25) is 0 Å². The number of anilines is 1. The number of rotatable bonds is 1. The van der Waals surface area contributed by atoms with Crippen molar-refractivity contribution in [3.05, 3.63) is 95.2 Å². The molecule has 0 fully saturated rings. The highest BCUT2D eigenvalue weighted by molar-refractivity contribution is 6.03. The highest BCUT2D eigenvalue weighted by Gasteiger charge is 2.30. The van der Waals surface area contributed by atoms with E-state index in [2.05, 4.69) is 104 Å². The molecule has 1 unspecified atom stereocenters. The van der Waals surface area contributed by atoms with Crippen LogP contribution in [0, 0.1) is 20.8 Å². The Bertz CT molecular complexity index is 1400. The summed E-state index contributed by atoms with van der Waals surface area (Å²) in [6.45, 7) is 6.42. The molecule has 3 nitrogen and oxygen atoms in total. The maximum absolute atomic E-state index is 4.94. The summed E-state index contributed by atoms with van der Waals surface area (Å²) in [4.78, 5) is 0. The first-order valence-corrected chi connectivity index (χ1v) is 10.4. The second-order valence-corrected chi connectivity index (χ2v) is 8.40. The van der Waals surface area contributed by atoms with Crippen LogP contribution < -0.4 is 5.32 Å². The summed E-state index contributed by atoms with van der Waals surface area (Å²) in [5.74, 6) is 0. The van der Waals surface area contributed by atoms with Gasteiger partial charge in [0.2, 0.25) is 0 Å². The van der Waals surface area contributed by atoms with E-state index >= 15 is 0 Å². The van der Waals surface area contributed by atoms with Crippen molar-refractivity contribution < 1.29 is 0 Å². The highest BCUT2D eigenvalue weighted by atomic mass is 15.4. The predicted octanol–water partition coefficient (Wildman–Crippen LogP) is 6.75. The van der Waals surface area contributed by atoms with Crippen LogP contribution in [-0.2, 0) is 0 Å². The molecule has 6 rings (SSSR count). The number of nitrogens with one attached hydrogen (secondary N) is 1. The number of hydrogen-bond donors (Lipinski definition) is 1. The molecule has 0 bridgehead atoms. The number of benzene rings is 4. The number of nitrogens with zero attached hydrogens (tertiary/aromatic N) is 2. The van der Waals surface area contributed by atoms with Crippen LogP contribution in [0.1, 0.15) is 28.6 Å². The lowest BCUT2D eigenvalue weighted by atomic mass is 9.92. The van der Waals surface area contributed by atoms with Crippen molar-refractivity contribution >= 4 is 27.2 Å². The number of fused-ring (bicyclic) bond motifs is 5. The second-order valence-electron chi connectivity index (χ2n) is 8.40. The minimum atomic E-state index is -0.0707. The summed E-state index contributed by atoms with van der Waals surface area (Å²) in [5.41, 5.74) is 8.46. The summed E-state index contributed by atoms with van der Waals surface area (Å²) in [6, 6.07) is 26.3. The lowest BCUT2D eigenvalue weighted by Crippen LogP contribution is -2.26. The summed E-state index contributed by atoms with van der Waals surface area (Å²) in [6.07, 6.45) is -0.0707. The summed E-state index contributed by atoms with van der Waals surface area (Å²) in [7, 11) is 0. The molecule has 30 heavy (non-hydrogen) atoms. The third kappa shape index (κ3) is 2.42. The van der Waals surface area contributed by atoms with Crippen LogP contribution in [0.3, 0.4) is 0 Å². The van der Waals surface area contributed by atoms with E-state index in [1.54, 1.807) is 0 Å². The van der Waals surface area contributed by atoms with E-state index in [1.807, 2.05) is 0 Å². The average molecular weight is 390 g/mol. The maximum atomic E-state index is 4.94. The Hall–Kier alpha value is -3.59. The molecule has 4 aromatic carbocycles. The quantitative estimate of drug-likeness (QED) is 0.321. The molecule has 0 aliphatic carbocycles. The SMILES string of the molecule is Cc1cc(C)c2c(c1)-c1cc(C)nn1C(c1c3ccccc3cc3ccccc13)N2. The minimum Gasteiger partial charge on any atom is -0.359 e. The zero-order valence-corrected chi connectivity index (χ0v) is 17.4. The first kappa shape index (κ1) is 17.3. The second kappa shape index (κ2) is 6.20. The van der Waals surface area contributed by atoms with Gasteiger partial charge in [0.1, 0.15) is 6.17 Å². The average Bonchev–Trinajstić information content (AvgIpc) is 3.14. The Balaban J connectivity index is 1.72. The zero-order valence-electron chi connectivity index (χ0n) is 17.4. The molecule has 0 radical (unpaired) electrons. The molecule has 0 amide bonds. The fourth-order valence-corrected chi connectivity index (χ4v) is 5.01. The van der Waals surface area contributed by atoms with Gasteiger partial charge in [-0.15, -0.1) is 0 Å². The van der Waals surface area contributed by atoms with E-state index in [1.165, 1.54) is 55.2 Å². The fourth-order valence-electron chi connectivity index (χ4n) is 5.01. The Kier molecular flexibility index (Phi) is 3.57. The van der Waals surface area contributed by atoms with Crippen LogP contribution in [0.15, 0.2) is 72.8 Å². The van der Waals surface area contributed by atoms with Crippen molar-refractivity contribution in [3.63, 3.8) is 0 Å². The standard InChI is InChI=1S/C27H23N3/c1-16-12-17(2)26-23(13-16)24-14-18(3)29-30(24)27(28-26)25-21-10-6-4-8-19(21)15-20-9-5-7-11-22(20)25/h4-15,27-28H,1-3H3. The molecule has 1 aromatic heterocycles. The molecule has 1 N–H and O–H groups in total. The summed E-state index contributed by atoms with van der Waals surface area (Å²) in [5, 5.41) is 13.8. The Morgan fingerprint density at radius 1 is 0.800 bits per heavy atom. The molecule has 2 heterocycles. The molecule has 1 aliphatic rings. The first-order valence-electron chi connectivity index (χ1n) is 10.4. The predicted molar refractivity (Wildman–Crippen MR) is 125 cm³/mol. The first-order chi connectivity index (χ1) is 14.6. The normalized spacial score (nSPS) is 15.1. The molecule has 0 saturated carbocycles. The Morgan fingerprint density at radius 2 is 1.47 bits per heavy atom. The van der Waals surface area contributed by atoms with E-state index < -0.39 is 0 Å². The van der Waals surface area contributed by atoms with Gasteiger partial charge in [0, 0.05) is 16.8 Å². The van der Waals surface area contributed by atoms with Gasteiger partial charge < -0.3 is 5.32 Å². The van der Waals surface area contributed by atoms with Crippen LogP contribution in [-0.4, -0.2) is 9.78 Å². The maximum Gasteiger partial charge on any atom is 0.148 e. The summed E-state index contributed by atoms with van der Waals surface area (Å²) < 4.78 is 2.17. The van der Waals surface area contributed by atoms with E-state index in [0.717, 1.165) is 5.69 Å². The fraction of sp³-hybridized carbons (Fsp3) is 0.148. The van der Waals surface area contributed by atoms with Crippen LogP contribution in [0.4, 0.5) is 5.69 Å². The Labute approximate surface area is 176 Å². The van der Waals surface area contributed by atoms with Crippen molar-refractivity contribution in [2.45, 2.75) is 26.9 Å². The van der Waals surface area contributed by atoms with Crippen molar-refractivity contribution in [1.82, 2.24) is 9.78 Å². The van der Waals surface area contributed by atoms with E-state index in [9.17, 15) is 0 Å². The smallest absolute Gasteiger partial charge is 0.148 e. The van der Waals surface area contributed by atoms with Crippen molar-refractivity contribution in [2.24, 2.45) is 0 Å². The van der Waals surface area contributed by atoms with Crippen LogP contribution >= 0.6 is 0 Å². The van der Waals surface area contributed by atoms with Gasteiger partial charge in [0.25, 0.3) is 0 Å². The van der Waals surface area contributed by atoms with Crippen LogP contribution in [0.5, 0.6) is 0 Å². The number of aryl methyl sites for hydroxylation is 3. The topological polar surface area (TPSA) is 29.9 Å². The lowest BCUT2D eigenvalue weighted by molar-refractivity contribution is 0.577. The van der Waals surface area contributed by atoms with Crippen molar-refractivity contribution in [2.75, 3.05) is 5.32 Å². The van der Waals surface area contributed by atoms with Crippen LogP contribution in [0.2, 0.25) is 0 Å². The van der Waals surface area contributed by atoms with Gasteiger partial charge in [0.15, 0.2) is 0 Å². The molecule has 5 aromatic rings. The molecule has 146 valence electrons. The highest BCUT2D eigenvalue weighted by Crippen LogP contribution is 2.44. The molecule has 0 saturated heterocycles. The van der Waals surface area contributed by atoms with E-state index in [4.69, 9.17) is 5.10 Å². The molecular formula is C27H23N3. The Morgan fingerprint density at radius 3 is 2.17 bits per heavy atom. The van der Waals surface area contributed by atoms with Gasteiger partial charge in [-0.1, -0.05) is 60.2 Å². The summed E-state index contributed by atoms with van der Waals surface area (Å²) >= 11 is 0. The largest absolute Gasteiger partial charge is 0.359 e. The van der Waals surface area contributed by atoms with Gasteiger partial charge in [0.05, 0.1) is 11.4 Å². The molecule has 0 spiro atoms. The van der Waals surface area contributed by atoms with Crippen molar-refractivity contribution in [3.8, 4) is 11.3 Å². The number of aromatic nitrogens is 2. The third-order valence-corrected chi connectivity index (χ3v) is 6.23. The van der Waals surface area contributed by atoms with Gasteiger partial charge in [-0.2, -0.15) is 5.10 Å². The number of hydrogen-bond acceptors (Lipinski definition) is 2. The monoisotopic (exact) mass is 389 g/mol. The molecule has 3 heteroatoms. The van der Waals surface area contributed by atoms with Crippen molar-refractivity contribution in [1.29, 1.82) is 0 Å². The molecule has 1 aliphatic heterocycles. The zero-order chi connectivity index (χ0) is 20.4. The van der Waals surface area contributed by atoms with E-state index in [0.29, 0.717) is 0 Å². The lowest BCUT2D eigenvalue weighted by Gasteiger charge is -2.32. The molecular weight excluding hydrogens is 366 g/mol.